The average Bonchev–Trinajstić information content (AvgIpc) is 3.29. The van der Waals surface area contributed by atoms with Gasteiger partial charge in [-0.1, -0.05) is 12.1 Å². The lowest BCUT2D eigenvalue weighted by atomic mass is 10.1. The Morgan fingerprint density at radius 1 is 1.30 bits per heavy atom. The highest BCUT2D eigenvalue weighted by Crippen LogP contribution is 2.41. The van der Waals surface area contributed by atoms with E-state index in [2.05, 4.69) is 10.4 Å². The molecule has 2 N–H and O–H groups in total. The zero-order valence-corrected chi connectivity index (χ0v) is 13.0. The minimum absolute atomic E-state index is 0.0952. The fourth-order valence-electron chi connectivity index (χ4n) is 2.69. The summed E-state index contributed by atoms with van der Waals surface area (Å²) in [5.74, 6) is -0.567. The zero-order chi connectivity index (χ0) is 16.4. The van der Waals surface area contributed by atoms with Crippen molar-refractivity contribution >= 4 is 11.9 Å². The highest BCUT2D eigenvalue weighted by Gasteiger charge is 2.31. The molecule has 6 nitrogen and oxygen atoms in total. The van der Waals surface area contributed by atoms with E-state index in [9.17, 15) is 9.59 Å². The van der Waals surface area contributed by atoms with Gasteiger partial charge in [0.25, 0.3) is 5.91 Å². The van der Waals surface area contributed by atoms with E-state index in [1.807, 2.05) is 7.05 Å². The number of aromatic nitrogens is 2. The van der Waals surface area contributed by atoms with Crippen molar-refractivity contribution in [3.05, 3.63) is 52.8 Å². The molecule has 0 atom stereocenters. The normalized spacial score (nSPS) is 13.8. The Kier molecular flexibility index (Phi) is 4.14. The van der Waals surface area contributed by atoms with Gasteiger partial charge in [-0.25, -0.2) is 4.79 Å². The van der Waals surface area contributed by atoms with Crippen molar-refractivity contribution in [1.29, 1.82) is 0 Å². The van der Waals surface area contributed by atoms with Crippen LogP contribution in [0.5, 0.6) is 0 Å². The molecule has 0 spiro atoms. The molecule has 1 aromatic carbocycles. The van der Waals surface area contributed by atoms with Gasteiger partial charge < -0.3 is 10.4 Å². The summed E-state index contributed by atoms with van der Waals surface area (Å²) < 4.78 is 1.79. The number of hydrogen-bond donors (Lipinski definition) is 2. The Labute approximate surface area is 134 Å². The fraction of sp³-hybridized carbons (Fsp3) is 0.353. The zero-order valence-electron chi connectivity index (χ0n) is 13.0. The SMILES string of the molecule is Cn1ncc(C(=O)NCCc2ccc(C(=O)O)cc2)c1C1CC1. The second-order valence-electron chi connectivity index (χ2n) is 5.85. The lowest BCUT2D eigenvalue weighted by Gasteiger charge is -2.07. The van der Waals surface area contributed by atoms with Crippen molar-refractivity contribution in [2.75, 3.05) is 6.54 Å². The molecule has 0 saturated heterocycles. The van der Waals surface area contributed by atoms with E-state index >= 15 is 0 Å². The van der Waals surface area contributed by atoms with E-state index in [1.54, 1.807) is 35.1 Å². The van der Waals surface area contributed by atoms with Gasteiger partial charge >= 0.3 is 5.97 Å². The Morgan fingerprint density at radius 3 is 2.61 bits per heavy atom. The Morgan fingerprint density at radius 2 is 2.00 bits per heavy atom. The molecule has 0 aliphatic heterocycles. The van der Waals surface area contributed by atoms with Crippen molar-refractivity contribution in [2.24, 2.45) is 7.05 Å². The van der Waals surface area contributed by atoms with Crippen molar-refractivity contribution in [1.82, 2.24) is 15.1 Å². The summed E-state index contributed by atoms with van der Waals surface area (Å²) in [4.78, 5) is 23.1. The molecule has 2 aromatic rings. The molecule has 23 heavy (non-hydrogen) atoms. The third-order valence-electron chi connectivity index (χ3n) is 4.09. The monoisotopic (exact) mass is 313 g/mol. The summed E-state index contributed by atoms with van der Waals surface area (Å²) in [6.45, 7) is 0.504. The van der Waals surface area contributed by atoms with Crippen molar-refractivity contribution in [3.8, 4) is 0 Å². The van der Waals surface area contributed by atoms with Gasteiger partial charge in [-0.15, -0.1) is 0 Å². The summed E-state index contributed by atoms with van der Waals surface area (Å²) in [5, 5.41) is 16.0. The highest BCUT2D eigenvalue weighted by molar-refractivity contribution is 5.95. The van der Waals surface area contributed by atoms with Crippen LogP contribution < -0.4 is 5.32 Å². The average molecular weight is 313 g/mol. The third-order valence-corrected chi connectivity index (χ3v) is 4.09. The molecule has 1 heterocycles. The van der Waals surface area contributed by atoms with Gasteiger partial charge in [0.2, 0.25) is 0 Å². The molecular weight excluding hydrogens is 294 g/mol. The minimum atomic E-state index is -0.936. The van der Waals surface area contributed by atoms with Gasteiger partial charge in [-0.05, 0) is 37.0 Å². The molecule has 0 bridgehead atoms. The standard InChI is InChI=1S/C17H19N3O3/c1-20-15(12-6-7-12)14(10-19-20)16(21)18-9-8-11-2-4-13(5-3-11)17(22)23/h2-5,10,12H,6-9H2,1H3,(H,18,21)(H,22,23). The van der Waals surface area contributed by atoms with Crippen LogP contribution in [0.25, 0.3) is 0 Å². The molecule has 1 aliphatic carbocycles. The Balaban J connectivity index is 1.56. The van der Waals surface area contributed by atoms with E-state index in [1.165, 1.54) is 0 Å². The number of carboxylic acid groups (broad SMARTS) is 1. The fourth-order valence-corrected chi connectivity index (χ4v) is 2.69. The smallest absolute Gasteiger partial charge is 0.335 e. The van der Waals surface area contributed by atoms with Crippen LogP contribution in [0.1, 0.15) is 50.7 Å². The maximum absolute atomic E-state index is 12.3. The van der Waals surface area contributed by atoms with Crippen LogP contribution in [0.3, 0.4) is 0 Å². The van der Waals surface area contributed by atoms with Gasteiger partial charge in [0.15, 0.2) is 0 Å². The van der Waals surface area contributed by atoms with E-state index in [-0.39, 0.29) is 11.5 Å². The van der Waals surface area contributed by atoms with Gasteiger partial charge in [-0.2, -0.15) is 5.10 Å². The van der Waals surface area contributed by atoms with Crippen LogP contribution in [-0.2, 0) is 13.5 Å². The number of carbonyl (C=O) groups is 2. The molecule has 1 aliphatic rings. The summed E-state index contributed by atoms with van der Waals surface area (Å²) >= 11 is 0. The molecule has 1 saturated carbocycles. The van der Waals surface area contributed by atoms with Crippen molar-refractivity contribution in [2.45, 2.75) is 25.2 Å². The second kappa shape index (κ2) is 6.24. The molecule has 1 aromatic heterocycles. The summed E-state index contributed by atoms with van der Waals surface area (Å²) in [5.41, 5.74) is 2.94. The van der Waals surface area contributed by atoms with Gasteiger partial charge in [0.1, 0.15) is 0 Å². The molecule has 120 valence electrons. The number of aryl methyl sites for hydroxylation is 1. The quantitative estimate of drug-likeness (QED) is 0.854. The summed E-state index contributed by atoms with van der Waals surface area (Å²) in [6.07, 6.45) is 4.53. The van der Waals surface area contributed by atoms with Crippen LogP contribution in [0.2, 0.25) is 0 Å². The first-order valence-electron chi connectivity index (χ1n) is 7.68. The number of rotatable bonds is 6. The lowest BCUT2D eigenvalue weighted by molar-refractivity contribution is 0.0696. The molecule has 1 amide bonds. The van der Waals surface area contributed by atoms with Crippen LogP contribution in [-0.4, -0.2) is 33.3 Å². The second-order valence-corrected chi connectivity index (χ2v) is 5.85. The first kappa shape index (κ1) is 15.3. The first-order chi connectivity index (χ1) is 11.1. The first-order valence-corrected chi connectivity index (χ1v) is 7.68. The van der Waals surface area contributed by atoms with E-state index in [4.69, 9.17) is 5.11 Å². The molecule has 1 fully saturated rings. The number of nitrogens with zero attached hydrogens (tertiary/aromatic N) is 2. The molecule has 6 heteroatoms. The maximum Gasteiger partial charge on any atom is 0.335 e. The number of carbonyl (C=O) groups excluding carboxylic acids is 1. The highest BCUT2D eigenvalue weighted by atomic mass is 16.4. The largest absolute Gasteiger partial charge is 0.478 e. The number of carboxylic acids is 1. The van der Waals surface area contributed by atoms with Crippen LogP contribution in [0.4, 0.5) is 0 Å². The molecule has 0 radical (unpaired) electrons. The number of aromatic carboxylic acids is 1. The number of amides is 1. The van der Waals surface area contributed by atoms with Crippen LogP contribution in [0, 0.1) is 0 Å². The van der Waals surface area contributed by atoms with Crippen LogP contribution in [0.15, 0.2) is 30.5 Å². The van der Waals surface area contributed by atoms with Crippen molar-refractivity contribution in [3.63, 3.8) is 0 Å². The van der Waals surface area contributed by atoms with E-state index < -0.39 is 5.97 Å². The number of nitrogens with one attached hydrogen (secondary N) is 1. The predicted molar refractivity (Wildman–Crippen MR) is 84.6 cm³/mol. The van der Waals surface area contributed by atoms with Gasteiger partial charge in [0.05, 0.1) is 23.0 Å². The molecule has 3 rings (SSSR count). The summed E-state index contributed by atoms with van der Waals surface area (Å²) in [6, 6.07) is 6.70. The number of hydrogen-bond acceptors (Lipinski definition) is 3. The lowest BCUT2D eigenvalue weighted by Crippen LogP contribution is -2.26. The van der Waals surface area contributed by atoms with Gasteiger partial charge in [0, 0.05) is 19.5 Å². The Bertz CT molecular complexity index is 730. The van der Waals surface area contributed by atoms with Crippen molar-refractivity contribution < 1.29 is 14.7 Å². The molecule has 0 unspecified atom stereocenters. The molecular formula is C17H19N3O3. The number of benzene rings is 1. The minimum Gasteiger partial charge on any atom is -0.478 e. The topological polar surface area (TPSA) is 84.2 Å². The third kappa shape index (κ3) is 3.41. The maximum atomic E-state index is 12.3. The summed E-state index contributed by atoms with van der Waals surface area (Å²) in [7, 11) is 1.87. The van der Waals surface area contributed by atoms with Crippen LogP contribution >= 0.6 is 0 Å². The Hall–Kier alpha value is -2.63. The van der Waals surface area contributed by atoms with Gasteiger partial charge in [-0.3, -0.25) is 9.48 Å². The predicted octanol–water partition coefficient (Wildman–Crippen LogP) is 1.97. The van der Waals surface area contributed by atoms with E-state index in [0.717, 1.165) is 24.1 Å². The van der Waals surface area contributed by atoms with E-state index in [0.29, 0.717) is 24.4 Å².